The summed E-state index contributed by atoms with van der Waals surface area (Å²) in [5.41, 5.74) is 2.02. The summed E-state index contributed by atoms with van der Waals surface area (Å²) in [6.45, 7) is 1.72. The van der Waals surface area contributed by atoms with Crippen LogP contribution in [0.1, 0.15) is 15.9 Å². The molecule has 6 heteroatoms. The summed E-state index contributed by atoms with van der Waals surface area (Å²) in [6, 6.07) is 26.6. The molecule has 0 aliphatic heterocycles. The maximum Gasteiger partial charge on any atom is 0.261 e. The lowest BCUT2D eigenvalue weighted by Gasteiger charge is -2.14. The first-order chi connectivity index (χ1) is 14.5. The summed E-state index contributed by atoms with van der Waals surface area (Å²) < 4.78 is 27.9. The number of hydrogen-bond donors (Lipinski definition) is 2. The zero-order valence-electron chi connectivity index (χ0n) is 16.3. The highest BCUT2D eigenvalue weighted by Gasteiger charge is 2.18. The summed E-state index contributed by atoms with van der Waals surface area (Å²) in [6.07, 6.45) is 0. The third kappa shape index (κ3) is 3.90. The zero-order chi connectivity index (χ0) is 21.1. The van der Waals surface area contributed by atoms with Gasteiger partial charge in [0.2, 0.25) is 0 Å². The third-order valence-corrected chi connectivity index (χ3v) is 6.30. The molecule has 4 aromatic rings. The predicted octanol–water partition coefficient (Wildman–Crippen LogP) is 5.20. The summed E-state index contributed by atoms with van der Waals surface area (Å²) in [7, 11) is -3.75. The molecule has 0 saturated heterocycles. The molecule has 0 unspecified atom stereocenters. The molecular formula is C24H20N2O3S. The van der Waals surface area contributed by atoms with Crippen LogP contribution in [-0.4, -0.2) is 14.3 Å². The number of hydrogen-bond acceptors (Lipinski definition) is 3. The maximum atomic E-state index is 13.0. The van der Waals surface area contributed by atoms with Gasteiger partial charge in [-0.15, -0.1) is 0 Å². The minimum absolute atomic E-state index is 0.162. The van der Waals surface area contributed by atoms with Gasteiger partial charge in [-0.2, -0.15) is 0 Å². The van der Waals surface area contributed by atoms with Crippen molar-refractivity contribution in [3.63, 3.8) is 0 Å². The highest BCUT2D eigenvalue weighted by molar-refractivity contribution is 7.92. The molecule has 5 nitrogen and oxygen atoms in total. The molecule has 0 bridgehead atoms. The number of benzene rings is 4. The Labute approximate surface area is 175 Å². The number of rotatable bonds is 5. The number of sulfonamides is 1. The molecule has 0 aromatic heterocycles. The second-order valence-corrected chi connectivity index (χ2v) is 8.56. The molecule has 0 aliphatic carbocycles. The van der Waals surface area contributed by atoms with E-state index in [-0.39, 0.29) is 10.8 Å². The van der Waals surface area contributed by atoms with Gasteiger partial charge < -0.3 is 5.32 Å². The maximum absolute atomic E-state index is 13.0. The van der Waals surface area contributed by atoms with Gasteiger partial charge in [0.15, 0.2) is 0 Å². The van der Waals surface area contributed by atoms with Crippen molar-refractivity contribution in [3.8, 4) is 0 Å². The molecule has 4 aromatic carbocycles. The SMILES string of the molecule is Cc1c(NS(=O)(=O)c2ccccc2)cccc1C(=O)Nc1cccc2ccccc12. The Morgan fingerprint density at radius 2 is 1.37 bits per heavy atom. The molecule has 150 valence electrons. The number of fused-ring (bicyclic) bond motifs is 1. The number of carbonyl (C=O) groups is 1. The van der Waals surface area contributed by atoms with Crippen molar-refractivity contribution in [2.45, 2.75) is 11.8 Å². The van der Waals surface area contributed by atoms with Crippen molar-refractivity contribution in [3.05, 3.63) is 102 Å². The lowest BCUT2D eigenvalue weighted by Crippen LogP contribution is -2.17. The summed E-state index contributed by atoms with van der Waals surface area (Å²) in [5, 5.41) is 4.91. The highest BCUT2D eigenvalue weighted by atomic mass is 32.2. The monoisotopic (exact) mass is 416 g/mol. The van der Waals surface area contributed by atoms with E-state index in [4.69, 9.17) is 0 Å². The first-order valence-electron chi connectivity index (χ1n) is 9.42. The fourth-order valence-corrected chi connectivity index (χ4v) is 4.46. The van der Waals surface area contributed by atoms with Crippen LogP contribution in [0.3, 0.4) is 0 Å². The molecule has 0 radical (unpaired) electrons. The first kappa shape index (κ1) is 19.7. The van der Waals surface area contributed by atoms with Crippen LogP contribution in [0, 0.1) is 6.92 Å². The molecule has 1 amide bonds. The first-order valence-corrected chi connectivity index (χ1v) is 10.9. The third-order valence-electron chi connectivity index (χ3n) is 4.91. The van der Waals surface area contributed by atoms with E-state index in [9.17, 15) is 13.2 Å². The molecule has 0 saturated carbocycles. The Balaban J connectivity index is 1.63. The van der Waals surface area contributed by atoms with Crippen LogP contribution < -0.4 is 10.0 Å². The fourth-order valence-electron chi connectivity index (χ4n) is 3.32. The summed E-state index contributed by atoms with van der Waals surface area (Å²) in [4.78, 5) is 13.1. The van der Waals surface area contributed by atoms with Crippen molar-refractivity contribution >= 4 is 38.1 Å². The van der Waals surface area contributed by atoms with Crippen LogP contribution in [0.15, 0.2) is 95.9 Å². The van der Waals surface area contributed by atoms with Gasteiger partial charge >= 0.3 is 0 Å². The lowest BCUT2D eigenvalue weighted by atomic mass is 10.1. The predicted molar refractivity (Wildman–Crippen MR) is 120 cm³/mol. The Hall–Kier alpha value is -3.64. The molecule has 4 rings (SSSR count). The standard InChI is InChI=1S/C24H20N2O3S/c1-17-20(24(27)25-23-16-7-10-18-9-5-6-13-21(18)23)14-8-15-22(17)26-30(28,29)19-11-3-2-4-12-19/h2-16,26H,1H3,(H,25,27). The molecule has 30 heavy (non-hydrogen) atoms. The molecule has 0 fully saturated rings. The molecule has 2 N–H and O–H groups in total. The van der Waals surface area contributed by atoms with Crippen molar-refractivity contribution in [1.82, 2.24) is 0 Å². The highest BCUT2D eigenvalue weighted by Crippen LogP contribution is 2.26. The van der Waals surface area contributed by atoms with Gasteiger partial charge in [0, 0.05) is 16.6 Å². The van der Waals surface area contributed by atoms with E-state index >= 15 is 0 Å². The van der Waals surface area contributed by atoms with Crippen LogP contribution >= 0.6 is 0 Å². The van der Waals surface area contributed by atoms with E-state index in [0.717, 1.165) is 10.8 Å². The number of amides is 1. The van der Waals surface area contributed by atoms with Crippen LogP contribution in [0.5, 0.6) is 0 Å². The second-order valence-electron chi connectivity index (χ2n) is 6.88. The van der Waals surface area contributed by atoms with Crippen LogP contribution in [0.4, 0.5) is 11.4 Å². The average Bonchev–Trinajstić information content (AvgIpc) is 2.76. The van der Waals surface area contributed by atoms with Crippen molar-refractivity contribution in [2.75, 3.05) is 10.0 Å². The van der Waals surface area contributed by atoms with Gasteiger partial charge in [-0.1, -0.05) is 60.7 Å². The second kappa shape index (κ2) is 8.00. The van der Waals surface area contributed by atoms with E-state index in [1.165, 1.54) is 12.1 Å². The van der Waals surface area contributed by atoms with E-state index in [2.05, 4.69) is 10.0 Å². The van der Waals surface area contributed by atoms with Crippen molar-refractivity contribution in [2.24, 2.45) is 0 Å². The smallest absolute Gasteiger partial charge is 0.261 e. The van der Waals surface area contributed by atoms with Gasteiger partial charge in [0.25, 0.3) is 15.9 Å². The normalized spacial score (nSPS) is 11.2. The minimum atomic E-state index is -3.75. The largest absolute Gasteiger partial charge is 0.321 e. The van der Waals surface area contributed by atoms with Crippen LogP contribution in [0.25, 0.3) is 10.8 Å². The minimum Gasteiger partial charge on any atom is -0.321 e. The van der Waals surface area contributed by atoms with Gasteiger partial charge in [-0.25, -0.2) is 8.42 Å². The van der Waals surface area contributed by atoms with E-state index in [1.54, 1.807) is 43.3 Å². The Morgan fingerprint density at radius 1 is 0.733 bits per heavy atom. The Bertz CT molecular complexity index is 1330. The number of anilines is 2. The Morgan fingerprint density at radius 3 is 2.17 bits per heavy atom. The van der Waals surface area contributed by atoms with E-state index in [0.29, 0.717) is 22.5 Å². The Kier molecular flexibility index (Phi) is 5.25. The quantitative estimate of drug-likeness (QED) is 0.469. The molecule has 0 atom stereocenters. The number of carbonyl (C=O) groups excluding carboxylic acids is 1. The van der Waals surface area contributed by atoms with Crippen LogP contribution in [0.2, 0.25) is 0 Å². The van der Waals surface area contributed by atoms with Crippen LogP contribution in [-0.2, 0) is 10.0 Å². The fraction of sp³-hybridized carbons (Fsp3) is 0.0417. The van der Waals surface area contributed by atoms with Gasteiger partial charge in [0.05, 0.1) is 10.6 Å². The lowest BCUT2D eigenvalue weighted by molar-refractivity contribution is 0.102. The summed E-state index contributed by atoms with van der Waals surface area (Å²) in [5.74, 6) is -0.301. The van der Waals surface area contributed by atoms with E-state index < -0.39 is 10.0 Å². The topological polar surface area (TPSA) is 75.3 Å². The van der Waals surface area contributed by atoms with Gasteiger partial charge in [0.1, 0.15) is 0 Å². The molecule has 0 aliphatic rings. The molecular weight excluding hydrogens is 396 g/mol. The average molecular weight is 417 g/mol. The zero-order valence-corrected chi connectivity index (χ0v) is 17.1. The van der Waals surface area contributed by atoms with Crippen molar-refractivity contribution in [1.29, 1.82) is 0 Å². The summed E-state index contributed by atoms with van der Waals surface area (Å²) >= 11 is 0. The molecule has 0 heterocycles. The van der Waals surface area contributed by atoms with Gasteiger partial charge in [-0.05, 0) is 48.2 Å². The molecule has 0 spiro atoms. The van der Waals surface area contributed by atoms with Gasteiger partial charge in [-0.3, -0.25) is 9.52 Å². The number of nitrogens with one attached hydrogen (secondary N) is 2. The van der Waals surface area contributed by atoms with E-state index in [1.807, 2.05) is 42.5 Å². The van der Waals surface area contributed by atoms with Crippen molar-refractivity contribution < 1.29 is 13.2 Å².